The molecule has 1 amide bonds. The van der Waals surface area contributed by atoms with E-state index in [1.54, 1.807) is 0 Å². The minimum absolute atomic E-state index is 0.225. The van der Waals surface area contributed by atoms with E-state index in [9.17, 15) is 38.2 Å². The third kappa shape index (κ3) is 37.8. The van der Waals surface area contributed by atoms with Crippen LogP contribution >= 0.6 is 0 Å². The van der Waals surface area contributed by atoms with Crippen LogP contribution in [0.5, 0.6) is 0 Å². The molecule has 406 valence electrons. The van der Waals surface area contributed by atoms with Gasteiger partial charge in [0.25, 0.3) is 0 Å². The van der Waals surface area contributed by atoms with Crippen LogP contribution in [0.2, 0.25) is 0 Å². The molecular formula is C55H109NO11S. The zero-order valence-corrected chi connectivity index (χ0v) is 44.8. The van der Waals surface area contributed by atoms with Crippen molar-refractivity contribution < 1.29 is 51.8 Å². The first-order valence-corrected chi connectivity index (χ1v) is 30.3. The normalized spacial score (nSPS) is 19.7. The number of nitrogens with one attached hydrogen (secondary N) is 1. The summed E-state index contributed by atoms with van der Waals surface area (Å²) in [4.78, 5) is 13.1. The highest BCUT2D eigenvalue weighted by molar-refractivity contribution is 7.80. The fourth-order valence-electron chi connectivity index (χ4n) is 9.70. The van der Waals surface area contributed by atoms with Gasteiger partial charge in [0.05, 0.1) is 25.4 Å². The molecule has 0 aromatic rings. The van der Waals surface area contributed by atoms with E-state index in [0.29, 0.717) is 12.8 Å². The molecule has 0 aromatic carbocycles. The summed E-state index contributed by atoms with van der Waals surface area (Å²) in [6.07, 6.45) is 44.5. The molecule has 0 saturated carbocycles. The van der Waals surface area contributed by atoms with Crippen LogP contribution in [0.25, 0.3) is 0 Å². The Bertz CT molecular complexity index is 1210. The molecule has 7 atom stereocenters. The molecule has 0 aromatic heterocycles. The fourth-order valence-corrected chi connectivity index (χ4v) is 10.2. The molecule has 1 rings (SSSR count). The van der Waals surface area contributed by atoms with Crippen LogP contribution in [-0.4, -0.2) is 95.4 Å². The zero-order chi connectivity index (χ0) is 49.8. The fraction of sp³-hybridized carbons (Fsp3) is 0.982. The third-order valence-electron chi connectivity index (χ3n) is 14.2. The van der Waals surface area contributed by atoms with Gasteiger partial charge in [0.2, 0.25) is 5.91 Å². The Balaban J connectivity index is 2.15. The average molecular weight is 993 g/mol. The summed E-state index contributed by atoms with van der Waals surface area (Å²) in [7, 11) is -5.07. The molecule has 0 bridgehead atoms. The summed E-state index contributed by atoms with van der Waals surface area (Å²) < 4.78 is 47.7. The maximum atomic E-state index is 13.1. The van der Waals surface area contributed by atoms with Gasteiger partial charge in [-0.3, -0.25) is 9.35 Å². The van der Waals surface area contributed by atoms with Gasteiger partial charge in [-0.25, -0.2) is 4.18 Å². The van der Waals surface area contributed by atoms with Crippen LogP contribution < -0.4 is 5.32 Å². The summed E-state index contributed by atoms with van der Waals surface area (Å²) in [6, 6.07) is -0.851. The van der Waals surface area contributed by atoms with Gasteiger partial charge in [-0.05, 0) is 12.8 Å². The first kappa shape index (κ1) is 65.1. The molecule has 12 nitrogen and oxygen atoms in total. The summed E-state index contributed by atoms with van der Waals surface area (Å²) in [6.45, 7) is 3.45. The van der Waals surface area contributed by atoms with Crippen LogP contribution in [0.3, 0.4) is 0 Å². The minimum Gasteiger partial charge on any atom is -0.394 e. The molecule has 13 heteroatoms. The van der Waals surface area contributed by atoms with Crippen molar-refractivity contribution in [2.45, 2.75) is 333 Å². The standard InChI is InChI=1S/C55H109NO11S/c1-3-5-7-9-11-13-14-15-16-17-18-19-20-21-22-23-24-25-26-27-28-29-30-31-32-33-34-35-37-39-41-43-45-51(59)56-48(49(58)44-42-40-38-36-12-10-8-6-4-2)47-65-55-53(61)54(67-68(62,63)64)52(60)50(46-57)66-55/h48-50,52-55,57-58,60-61H,3-47H2,1-2H3,(H,56,59)(H,62,63,64). The van der Waals surface area contributed by atoms with E-state index in [1.807, 2.05) is 0 Å². The van der Waals surface area contributed by atoms with E-state index < -0.39 is 59.9 Å². The Hall–Kier alpha value is -0.900. The summed E-state index contributed by atoms with van der Waals surface area (Å²) in [5, 5.41) is 44.9. The molecule has 7 unspecified atom stereocenters. The van der Waals surface area contributed by atoms with Crippen LogP contribution in [0, 0.1) is 0 Å². The van der Waals surface area contributed by atoms with Crippen molar-refractivity contribution >= 4 is 16.3 Å². The lowest BCUT2D eigenvalue weighted by Crippen LogP contribution is -2.61. The van der Waals surface area contributed by atoms with E-state index in [-0.39, 0.29) is 12.5 Å². The summed E-state index contributed by atoms with van der Waals surface area (Å²) >= 11 is 0. The second-order valence-electron chi connectivity index (χ2n) is 20.6. The average Bonchev–Trinajstić information content (AvgIpc) is 3.31. The van der Waals surface area contributed by atoms with E-state index >= 15 is 0 Å². The van der Waals surface area contributed by atoms with E-state index in [0.717, 1.165) is 51.4 Å². The number of aliphatic hydroxyl groups excluding tert-OH is 4. The lowest BCUT2D eigenvalue weighted by molar-refractivity contribution is -0.298. The second kappa shape index (κ2) is 45.9. The number of unbranched alkanes of at least 4 members (excludes halogenated alkanes) is 39. The molecule has 1 aliphatic heterocycles. The molecule has 0 radical (unpaired) electrons. The Kier molecular flexibility index (Phi) is 44.0. The lowest BCUT2D eigenvalue weighted by Gasteiger charge is -2.41. The lowest BCUT2D eigenvalue weighted by atomic mass is 9.99. The molecule has 1 saturated heterocycles. The van der Waals surface area contributed by atoms with Gasteiger partial charge in [-0.1, -0.05) is 271 Å². The van der Waals surface area contributed by atoms with E-state index in [2.05, 4.69) is 23.3 Å². The molecule has 1 fully saturated rings. The molecule has 1 heterocycles. The number of carbonyl (C=O) groups is 1. The maximum absolute atomic E-state index is 13.1. The van der Waals surface area contributed by atoms with Gasteiger partial charge in [0.1, 0.15) is 24.4 Å². The molecule has 68 heavy (non-hydrogen) atoms. The maximum Gasteiger partial charge on any atom is 0.397 e. The summed E-state index contributed by atoms with van der Waals surface area (Å²) in [5.41, 5.74) is 0. The second-order valence-corrected chi connectivity index (χ2v) is 21.6. The highest BCUT2D eigenvalue weighted by Gasteiger charge is 2.48. The van der Waals surface area contributed by atoms with Gasteiger partial charge in [-0.15, -0.1) is 0 Å². The van der Waals surface area contributed by atoms with Crippen LogP contribution in [0.15, 0.2) is 0 Å². The predicted octanol–water partition coefficient (Wildman–Crippen LogP) is 13.3. The Morgan fingerprint density at radius 3 is 1.18 bits per heavy atom. The quantitative estimate of drug-likeness (QED) is 0.0251. The van der Waals surface area contributed by atoms with Gasteiger partial charge in [0.15, 0.2) is 6.29 Å². The predicted molar refractivity (Wildman–Crippen MR) is 278 cm³/mol. The van der Waals surface area contributed by atoms with Crippen molar-refractivity contribution in [1.29, 1.82) is 0 Å². The largest absolute Gasteiger partial charge is 0.397 e. The summed E-state index contributed by atoms with van der Waals surface area (Å²) in [5.74, 6) is -0.225. The van der Waals surface area contributed by atoms with Gasteiger partial charge in [-0.2, -0.15) is 8.42 Å². The van der Waals surface area contributed by atoms with Crippen LogP contribution in [0.4, 0.5) is 0 Å². The first-order chi connectivity index (χ1) is 33.0. The number of carbonyl (C=O) groups excluding carboxylic acids is 1. The van der Waals surface area contributed by atoms with Crippen LogP contribution in [-0.2, 0) is 28.9 Å². The molecule has 0 aliphatic carbocycles. The molecule has 1 aliphatic rings. The minimum atomic E-state index is -5.07. The number of aliphatic hydroxyl groups is 4. The van der Waals surface area contributed by atoms with Crippen molar-refractivity contribution in [3.05, 3.63) is 0 Å². The number of amides is 1. The van der Waals surface area contributed by atoms with E-state index in [4.69, 9.17) is 9.47 Å². The van der Waals surface area contributed by atoms with Crippen molar-refractivity contribution in [1.82, 2.24) is 5.32 Å². The smallest absolute Gasteiger partial charge is 0.394 e. The van der Waals surface area contributed by atoms with Gasteiger partial charge >= 0.3 is 10.4 Å². The van der Waals surface area contributed by atoms with Crippen LogP contribution in [0.1, 0.15) is 290 Å². The Morgan fingerprint density at radius 1 is 0.529 bits per heavy atom. The molecular weight excluding hydrogens is 883 g/mol. The molecule has 0 spiro atoms. The van der Waals surface area contributed by atoms with Crippen molar-refractivity contribution in [3.63, 3.8) is 0 Å². The highest BCUT2D eigenvalue weighted by atomic mass is 32.3. The van der Waals surface area contributed by atoms with Gasteiger partial charge < -0.3 is 35.2 Å². The first-order valence-electron chi connectivity index (χ1n) is 28.9. The number of hydrogen-bond donors (Lipinski definition) is 6. The number of ether oxygens (including phenoxy) is 2. The SMILES string of the molecule is CCCCCCCCCCCCCCCCCCCCCCCCCCCCCCCCCCC(=O)NC(COC1OC(CO)C(O)C(OS(=O)(=O)O)C1O)C(O)CCCCCCCCCCC. The highest BCUT2D eigenvalue weighted by Crippen LogP contribution is 2.26. The molecule has 6 N–H and O–H groups in total. The van der Waals surface area contributed by atoms with Crippen molar-refractivity contribution in [2.75, 3.05) is 13.2 Å². The topological polar surface area (TPSA) is 192 Å². The number of rotatable bonds is 51. The van der Waals surface area contributed by atoms with Crippen molar-refractivity contribution in [3.8, 4) is 0 Å². The zero-order valence-electron chi connectivity index (χ0n) is 44.0. The third-order valence-corrected chi connectivity index (χ3v) is 14.6. The van der Waals surface area contributed by atoms with Gasteiger partial charge in [0, 0.05) is 6.42 Å². The Morgan fingerprint density at radius 2 is 0.853 bits per heavy atom. The monoisotopic (exact) mass is 992 g/mol. The van der Waals surface area contributed by atoms with Crippen molar-refractivity contribution in [2.24, 2.45) is 0 Å². The number of hydrogen-bond acceptors (Lipinski definition) is 10. The Labute approximate surface area is 418 Å². The van der Waals surface area contributed by atoms with E-state index in [1.165, 1.54) is 212 Å².